The third kappa shape index (κ3) is 3.85. The Morgan fingerprint density at radius 3 is 2.47 bits per heavy atom. The van der Waals surface area contributed by atoms with Gasteiger partial charge in [-0.2, -0.15) is 0 Å². The van der Waals surface area contributed by atoms with Gasteiger partial charge in [0.1, 0.15) is 5.70 Å². The Morgan fingerprint density at radius 2 is 1.77 bits per heavy atom. The quantitative estimate of drug-likeness (QED) is 0.521. The van der Waals surface area contributed by atoms with Gasteiger partial charge in [-0.15, -0.1) is 0 Å². The maximum Gasteiger partial charge on any atom is 0.329 e. The minimum atomic E-state index is -0.402. The summed E-state index contributed by atoms with van der Waals surface area (Å²) in [7, 11) is 3.99. The number of nitrogens with one attached hydrogen (secondary N) is 1. The molecule has 2 heterocycles. The number of carbonyl (C=O) groups excluding carboxylic acids is 2. The summed E-state index contributed by atoms with van der Waals surface area (Å²) in [6.07, 6.45) is 3.65. The van der Waals surface area contributed by atoms with E-state index >= 15 is 0 Å². The first-order chi connectivity index (χ1) is 14.4. The van der Waals surface area contributed by atoms with Gasteiger partial charge in [-0.1, -0.05) is 29.8 Å². The highest BCUT2D eigenvalue weighted by atomic mass is 16.2. The van der Waals surface area contributed by atoms with E-state index in [-0.39, 0.29) is 18.1 Å². The molecule has 1 aromatic heterocycles. The summed E-state index contributed by atoms with van der Waals surface area (Å²) in [5.41, 5.74) is 5.19. The van der Waals surface area contributed by atoms with Gasteiger partial charge in [-0.25, -0.2) is 4.79 Å². The van der Waals surface area contributed by atoms with Crippen molar-refractivity contribution < 1.29 is 9.59 Å². The lowest BCUT2D eigenvalue weighted by molar-refractivity contribution is -0.123. The van der Waals surface area contributed by atoms with Crippen molar-refractivity contribution in [3.8, 4) is 5.69 Å². The fraction of sp³-hybridized carbons (Fsp3) is 0.167. The Bertz CT molecular complexity index is 1130. The molecule has 30 heavy (non-hydrogen) atoms. The van der Waals surface area contributed by atoms with Crippen LogP contribution in [0.1, 0.15) is 16.8 Å². The minimum absolute atomic E-state index is 0.247. The number of amides is 3. The van der Waals surface area contributed by atoms with Crippen molar-refractivity contribution in [1.29, 1.82) is 0 Å². The number of imide groups is 1. The molecule has 0 atom stereocenters. The topological polar surface area (TPSA) is 57.6 Å². The third-order valence-corrected chi connectivity index (χ3v) is 5.10. The van der Waals surface area contributed by atoms with E-state index in [1.54, 1.807) is 6.08 Å². The van der Waals surface area contributed by atoms with Crippen molar-refractivity contribution in [2.45, 2.75) is 13.5 Å². The SMILES string of the molecule is Cc1cccc(CN2C(=O)N/C(=C/c3cccn3-c3ccc(N(C)C)cc3)C2=O)c1. The fourth-order valence-electron chi connectivity index (χ4n) is 3.51. The summed E-state index contributed by atoms with van der Waals surface area (Å²) in [6, 6.07) is 19.4. The van der Waals surface area contributed by atoms with Crippen LogP contribution in [-0.2, 0) is 11.3 Å². The number of aryl methyl sites for hydroxylation is 1. The summed E-state index contributed by atoms with van der Waals surface area (Å²) < 4.78 is 1.98. The molecule has 1 N–H and O–H groups in total. The Morgan fingerprint density at radius 1 is 1.00 bits per heavy atom. The van der Waals surface area contributed by atoms with E-state index in [4.69, 9.17) is 0 Å². The van der Waals surface area contributed by atoms with Gasteiger partial charge in [0.2, 0.25) is 0 Å². The maximum atomic E-state index is 12.9. The predicted molar refractivity (Wildman–Crippen MR) is 118 cm³/mol. The molecule has 1 saturated heterocycles. The van der Waals surface area contributed by atoms with E-state index in [1.165, 1.54) is 4.90 Å². The van der Waals surface area contributed by atoms with Crippen LogP contribution in [-0.4, -0.2) is 35.5 Å². The van der Waals surface area contributed by atoms with Crippen LogP contribution < -0.4 is 10.2 Å². The molecule has 0 bridgehead atoms. The van der Waals surface area contributed by atoms with Gasteiger partial charge >= 0.3 is 6.03 Å². The van der Waals surface area contributed by atoms with Gasteiger partial charge in [0.25, 0.3) is 5.91 Å². The molecule has 2 aromatic carbocycles. The van der Waals surface area contributed by atoms with E-state index in [9.17, 15) is 9.59 Å². The van der Waals surface area contributed by atoms with Crippen molar-refractivity contribution in [2.75, 3.05) is 19.0 Å². The minimum Gasteiger partial charge on any atom is -0.378 e. The van der Waals surface area contributed by atoms with Crippen molar-refractivity contribution in [3.05, 3.63) is 89.4 Å². The average Bonchev–Trinajstić information content (AvgIpc) is 3.28. The zero-order chi connectivity index (χ0) is 21.3. The number of hydrogen-bond donors (Lipinski definition) is 1. The van der Waals surface area contributed by atoms with Crippen molar-refractivity contribution in [2.24, 2.45) is 0 Å². The van der Waals surface area contributed by atoms with Gasteiger partial charge in [0, 0.05) is 37.4 Å². The molecule has 0 saturated carbocycles. The lowest BCUT2D eigenvalue weighted by Gasteiger charge is -2.14. The monoisotopic (exact) mass is 400 g/mol. The fourth-order valence-corrected chi connectivity index (χ4v) is 3.51. The summed E-state index contributed by atoms with van der Waals surface area (Å²) in [5.74, 6) is -0.322. The molecular weight excluding hydrogens is 376 g/mol. The second-order valence-electron chi connectivity index (χ2n) is 7.58. The number of urea groups is 1. The first-order valence-electron chi connectivity index (χ1n) is 9.77. The largest absolute Gasteiger partial charge is 0.378 e. The first-order valence-corrected chi connectivity index (χ1v) is 9.77. The molecule has 0 aliphatic carbocycles. The molecular formula is C24H24N4O2. The van der Waals surface area contributed by atoms with E-state index in [2.05, 4.69) is 5.32 Å². The van der Waals surface area contributed by atoms with Crippen LogP contribution in [0.25, 0.3) is 11.8 Å². The Balaban J connectivity index is 1.58. The number of rotatable bonds is 5. The Kier molecular flexibility index (Phi) is 5.14. The number of benzene rings is 2. The summed E-state index contributed by atoms with van der Waals surface area (Å²) in [6.45, 7) is 2.23. The highest BCUT2D eigenvalue weighted by Gasteiger charge is 2.33. The molecule has 0 radical (unpaired) electrons. The second kappa shape index (κ2) is 7.91. The van der Waals surface area contributed by atoms with Crippen LogP contribution in [0.3, 0.4) is 0 Å². The zero-order valence-corrected chi connectivity index (χ0v) is 17.3. The summed E-state index contributed by atoms with van der Waals surface area (Å²) in [4.78, 5) is 28.5. The highest BCUT2D eigenvalue weighted by molar-refractivity contribution is 6.13. The highest BCUT2D eigenvalue weighted by Crippen LogP contribution is 2.21. The molecule has 0 unspecified atom stereocenters. The zero-order valence-electron chi connectivity index (χ0n) is 17.3. The van der Waals surface area contributed by atoms with Crippen molar-refractivity contribution in [3.63, 3.8) is 0 Å². The molecule has 0 spiro atoms. The van der Waals surface area contributed by atoms with Crippen LogP contribution in [0.15, 0.2) is 72.6 Å². The van der Waals surface area contributed by atoms with Crippen LogP contribution >= 0.6 is 0 Å². The van der Waals surface area contributed by atoms with Crippen LogP contribution in [0.2, 0.25) is 0 Å². The lowest BCUT2D eigenvalue weighted by Crippen LogP contribution is -2.30. The third-order valence-electron chi connectivity index (χ3n) is 5.10. The van der Waals surface area contributed by atoms with Crippen molar-refractivity contribution in [1.82, 2.24) is 14.8 Å². The van der Waals surface area contributed by atoms with E-state index in [0.717, 1.165) is 28.2 Å². The predicted octanol–water partition coefficient (Wildman–Crippen LogP) is 3.94. The van der Waals surface area contributed by atoms with Crippen LogP contribution in [0, 0.1) is 6.92 Å². The number of anilines is 1. The molecule has 3 amide bonds. The molecule has 1 aliphatic rings. The van der Waals surface area contributed by atoms with Gasteiger partial charge in [-0.3, -0.25) is 9.69 Å². The van der Waals surface area contributed by atoms with Gasteiger partial charge in [0.15, 0.2) is 0 Å². The van der Waals surface area contributed by atoms with E-state index < -0.39 is 6.03 Å². The standard InChI is InChI=1S/C24H24N4O2/c1-17-6-4-7-18(14-17)16-28-23(29)22(25-24(28)30)15-21-8-5-13-27(21)20-11-9-19(10-12-20)26(2)3/h4-15H,16H2,1-3H3,(H,25,30)/b22-15+. The van der Waals surface area contributed by atoms with E-state index in [1.807, 2.05) is 97.3 Å². The van der Waals surface area contributed by atoms with Crippen LogP contribution in [0.4, 0.5) is 10.5 Å². The number of nitrogens with zero attached hydrogens (tertiary/aromatic N) is 3. The first kappa shape index (κ1) is 19.5. The summed E-state index contributed by atoms with van der Waals surface area (Å²) in [5, 5.41) is 2.71. The smallest absolute Gasteiger partial charge is 0.329 e. The Labute approximate surface area is 176 Å². The number of hydrogen-bond acceptors (Lipinski definition) is 3. The summed E-state index contributed by atoms with van der Waals surface area (Å²) >= 11 is 0. The van der Waals surface area contributed by atoms with Crippen molar-refractivity contribution >= 4 is 23.7 Å². The van der Waals surface area contributed by atoms with Crippen LogP contribution in [0.5, 0.6) is 0 Å². The Hall–Kier alpha value is -3.80. The molecule has 1 fully saturated rings. The van der Waals surface area contributed by atoms with Gasteiger partial charge in [0.05, 0.1) is 6.54 Å². The second-order valence-corrected chi connectivity index (χ2v) is 7.58. The molecule has 1 aliphatic heterocycles. The lowest BCUT2D eigenvalue weighted by atomic mass is 10.1. The number of aromatic nitrogens is 1. The average molecular weight is 400 g/mol. The van der Waals surface area contributed by atoms with Gasteiger partial charge < -0.3 is 14.8 Å². The maximum absolute atomic E-state index is 12.9. The molecule has 6 nitrogen and oxygen atoms in total. The van der Waals surface area contributed by atoms with E-state index in [0.29, 0.717) is 0 Å². The molecule has 6 heteroatoms. The molecule has 4 rings (SSSR count). The number of carbonyl (C=O) groups is 2. The van der Waals surface area contributed by atoms with Gasteiger partial charge in [-0.05, 0) is 55.0 Å². The molecule has 152 valence electrons. The normalized spacial score (nSPS) is 15.0. The molecule has 3 aromatic rings.